The number of hydrogen-bond donors (Lipinski definition) is 0. The molecule has 0 heterocycles. The first-order valence-electron chi connectivity index (χ1n) is 11.6. The van der Waals surface area contributed by atoms with Crippen molar-refractivity contribution < 1.29 is 0 Å². The Labute approximate surface area is 157 Å². The van der Waals surface area contributed by atoms with Crippen LogP contribution in [-0.4, -0.2) is 0 Å². The minimum Gasteiger partial charge on any atom is -0.0839 e. The summed E-state index contributed by atoms with van der Waals surface area (Å²) in [5.74, 6) is 5.79. The highest BCUT2D eigenvalue weighted by Gasteiger charge is 2.57. The molecule has 0 aromatic heterocycles. The van der Waals surface area contributed by atoms with Gasteiger partial charge in [0.05, 0.1) is 0 Å². The fourth-order valence-electron chi connectivity index (χ4n) is 8.37. The van der Waals surface area contributed by atoms with Gasteiger partial charge in [0.2, 0.25) is 0 Å². The largest absolute Gasteiger partial charge is 0.0839 e. The lowest BCUT2D eigenvalue weighted by atomic mass is 9.48. The minimum atomic E-state index is 0.559. The Balaban J connectivity index is 1.62. The van der Waals surface area contributed by atoms with E-state index in [0.717, 1.165) is 35.5 Å². The molecule has 0 saturated heterocycles. The summed E-state index contributed by atoms with van der Waals surface area (Å²) in [6.45, 7) is 12.8. The first kappa shape index (κ1) is 18.1. The second kappa shape index (κ2) is 6.42. The van der Waals surface area contributed by atoms with Crippen molar-refractivity contribution in [3.63, 3.8) is 0 Å². The standard InChI is InChI=1S/C25H42/c1-6-7-18(3)21-10-11-22-20-9-8-19-16-17(2)12-14-24(19,4)23(20)13-15-25(21,22)5/h13,17-22H,6-12,14-16H2,1-5H3/t17-,18-,19-,20+,21-,22+,24+,25-/m1/s1. The van der Waals surface area contributed by atoms with Crippen molar-refractivity contribution in [2.24, 2.45) is 46.3 Å². The SMILES string of the molecule is CCC[C@@H](C)[C@H]1CC[C@H]2[C@@H]3CC[C@@H]4C[C@H](C)CC[C@]4(C)C3=CC[C@]12C. The van der Waals surface area contributed by atoms with Crippen molar-refractivity contribution in [1.29, 1.82) is 0 Å². The summed E-state index contributed by atoms with van der Waals surface area (Å²) < 4.78 is 0. The summed E-state index contributed by atoms with van der Waals surface area (Å²) in [6, 6.07) is 0. The van der Waals surface area contributed by atoms with Crippen molar-refractivity contribution in [1.82, 2.24) is 0 Å². The maximum atomic E-state index is 2.81. The average molecular weight is 343 g/mol. The molecule has 0 nitrogen and oxygen atoms in total. The summed E-state index contributed by atoms with van der Waals surface area (Å²) in [6.07, 6.45) is 17.5. The van der Waals surface area contributed by atoms with Crippen LogP contribution in [0, 0.1) is 46.3 Å². The minimum absolute atomic E-state index is 0.559. The van der Waals surface area contributed by atoms with Crippen molar-refractivity contribution in [2.75, 3.05) is 0 Å². The zero-order valence-electron chi connectivity index (χ0n) is 17.6. The van der Waals surface area contributed by atoms with Crippen LogP contribution in [-0.2, 0) is 0 Å². The molecule has 3 saturated carbocycles. The fourth-order valence-corrected chi connectivity index (χ4v) is 8.37. The molecule has 0 N–H and O–H groups in total. The van der Waals surface area contributed by atoms with E-state index in [4.69, 9.17) is 0 Å². The third-order valence-electron chi connectivity index (χ3n) is 9.79. The van der Waals surface area contributed by atoms with E-state index >= 15 is 0 Å². The first-order valence-corrected chi connectivity index (χ1v) is 11.6. The Morgan fingerprint density at radius 3 is 2.68 bits per heavy atom. The smallest absolute Gasteiger partial charge is 0.00851 e. The zero-order valence-corrected chi connectivity index (χ0v) is 17.6. The van der Waals surface area contributed by atoms with Crippen LogP contribution in [0.5, 0.6) is 0 Å². The molecule has 0 radical (unpaired) electrons. The van der Waals surface area contributed by atoms with Gasteiger partial charge in [0.1, 0.15) is 0 Å². The van der Waals surface area contributed by atoms with Crippen LogP contribution < -0.4 is 0 Å². The highest BCUT2D eigenvalue weighted by Crippen LogP contribution is 2.66. The molecule has 4 aliphatic rings. The molecule has 0 aromatic carbocycles. The molecule has 4 aliphatic carbocycles. The summed E-state index contributed by atoms with van der Waals surface area (Å²) >= 11 is 0. The summed E-state index contributed by atoms with van der Waals surface area (Å²) in [5.41, 5.74) is 3.11. The summed E-state index contributed by atoms with van der Waals surface area (Å²) in [5, 5.41) is 0. The molecule has 3 fully saturated rings. The monoisotopic (exact) mass is 342 g/mol. The van der Waals surface area contributed by atoms with Crippen LogP contribution >= 0.6 is 0 Å². The van der Waals surface area contributed by atoms with Gasteiger partial charge in [-0.1, -0.05) is 59.1 Å². The maximum absolute atomic E-state index is 2.81. The fraction of sp³-hybridized carbons (Fsp3) is 0.920. The highest BCUT2D eigenvalue weighted by molar-refractivity contribution is 5.28. The van der Waals surface area contributed by atoms with E-state index in [9.17, 15) is 0 Å². The van der Waals surface area contributed by atoms with Crippen LogP contribution in [0.2, 0.25) is 0 Å². The van der Waals surface area contributed by atoms with Crippen LogP contribution in [0.25, 0.3) is 0 Å². The van der Waals surface area contributed by atoms with Crippen LogP contribution in [0.4, 0.5) is 0 Å². The second-order valence-corrected chi connectivity index (χ2v) is 11.1. The molecule has 4 rings (SSSR count). The molecule has 0 amide bonds. The molecule has 25 heavy (non-hydrogen) atoms. The number of hydrogen-bond acceptors (Lipinski definition) is 0. The van der Waals surface area contributed by atoms with Crippen molar-refractivity contribution in [3.05, 3.63) is 11.6 Å². The van der Waals surface area contributed by atoms with Crippen molar-refractivity contribution >= 4 is 0 Å². The normalized spacial score (nSPS) is 50.4. The Morgan fingerprint density at radius 2 is 1.92 bits per heavy atom. The lowest BCUT2D eigenvalue weighted by Crippen LogP contribution is -2.48. The molecule has 0 spiro atoms. The molecule has 0 aromatic rings. The molecule has 0 aliphatic heterocycles. The van der Waals surface area contributed by atoms with Crippen LogP contribution in [0.1, 0.15) is 98.8 Å². The van der Waals surface area contributed by atoms with Gasteiger partial charge in [-0.05, 0) is 97.7 Å². The van der Waals surface area contributed by atoms with Gasteiger partial charge in [-0.2, -0.15) is 0 Å². The number of fused-ring (bicyclic) bond motifs is 5. The van der Waals surface area contributed by atoms with Crippen LogP contribution in [0.3, 0.4) is 0 Å². The lowest BCUT2D eigenvalue weighted by molar-refractivity contribution is 0.0106. The molecule has 142 valence electrons. The maximum Gasteiger partial charge on any atom is -0.00851 e. The summed E-state index contributed by atoms with van der Waals surface area (Å²) in [4.78, 5) is 0. The van der Waals surface area contributed by atoms with Crippen LogP contribution in [0.15, 0.2) is 11.6 Å². The Hall–Kier alpha value is -0.260. The second-order valence-electron chi connectivity index (χ2n) is 11.1. The Kier molecular flexibility index (Phi) is 4.65. The van der Waals surface area contributed by atoms with E-state index in [0.29, 0.717) is 10.8 Å². The van der Waals surface area contributed by atoms with Gasteiger partial charge in [-0.3, -0.25) is 0 Å². The topological polar surface area (TPSA) is 0 Å². The molecule has 0 bridgehead atoms. The predicted molar refractivity (Wildman–Crippen MR) is 108 cm³/mol. The van der Waals surface area contributed by atoms with E-state index in [-0.39, 0.29) is 0 Å². The molecule has 8 atom stereocenters. The van der Waals surface area contributed by atoms with Gasteiger partial charge < -0.3 is 0 Å². The van der Waals surface area contributed by atoms with Gasteiger partial charge in [0.25, 0.3) is 0 Å². The third-order valence-corrected chi connectivity index (χ3v) is 9.79. The summed E-state index contributed by atoms with van der Waals surface area (Å²) in [7, 11) is 0. The number of allylic oxidation sites excluding steroid dienone is 2. The van der Waals surface area contributed by atoms with Crippen molar-refractivity contribution in [3.8, 4) is 0 Å². The van der Waals surface area contributed by atoms with E-state index in [1.807, 2.05) is 5.57 Å². The zero-order chi connectivity index (χ0) is 17.8. The Bertz CT molecular complexity index is 530. The highest BCUT2D eigenvalue weighted by atomic mass is 14.6. The molecule has 0 heteroatoms. The van der Waals surface area contributed by atoms with E-state index in [1.54, 1.807) is 0 Å². The molecular formula is C25H42. The van der Waals surface area contributed by atoms with Gasteiger partial charge in [-0.15, -0.1) is 0 Å². The van der Waals surface area contributed by atoms with Gasteiger partial charge in [0.15, 0.2) is 0 Å². The Morgan fingerprint density at radius 1 is 1.12 bits per heavy atom. The van der Waals surface area contributed by atoms with E-state index in [1.165, 1.54) is 64.2 Å². The predicted octanol–water partition coefficient (Wildman–Crippen LogP) is 7.64. The lowest BCUT2D eigenvalue weighted by Gasteiger charge is -2.57. The van der Waals surface area contributed by atoms with Crippen molar-refractivity contribution in [2.45, 2.75) is 98.8 Å². The van der Waals surface area contributed by atoms with Gasteiger partial charge >= 0.3 is 0 Å². The van der Waals surface area contributed by atoms with E-state index < -0.39 is 0 Å². The van der Waals surface area contributed by atoms with Gasteiger partial charge in [-0.25, -0.2) is 0 Å². The third kappa shape index (κ3) is 2.68. The molecular weight excluding hydrogens is 300 g/mol. The van der Waals surface area contributed by atoms with Gasteiger partial charge in [0, 0.05) is 0 Å². The van der Waals surface area contributed by atoms with E-state index in [2.05, 4.69) is 40.7 Å². The number of rotatable bonds is 3. The quantitative estimate of drug-likeness (QED) is 0.462. The first-order chi connectivity index (χ1) is 11.9. The molecule has 0 unspecified atom stereocenters. The average Bonchev–Trinajstić information content (AvgIpc) is 2.93.